The van der Waals surface area contributed by atoms with Gasteiger partial charge in [0.1, 0.15) is 0 Å². The fraction of sp³-hybridized carbons (Fsp3) is 0. The fourth-order valence-electron chi connectivity index (χ4n) is 7.51. The Morgan fingerprint density at radius 1 is 0.370 bits per heavy atom. The largest absolute Gasteiger partial charge is 0.309 e. The molecule has 10 rings (SSSR count). The van der Waals surface area contributed by atoms with E-state index in [0.29, 0.717) is 0 Å². The van der Waals surface area contributed by atoms with E-state index >= 15 is 0 Å². The molecule has 3 nitrogen and oxygen atoms in total. The smallest absolute Gasteiger partial charge is 0.0620 e. The van der Waals surface area contributed by atoms with Crippen molar-refractivity contribution >= 4 is 65.2 Å². The molecule has 0 spiro atoms. The first-order valence-electron chi connectivity index (χ1n) is 15.7. The van der Waals surface area contributed by atoms with E-state index in [-0.39, 0.29) is 0 Å². The first kappa shape index (κ1) is 25.2. The summed E-state index contributed by atoms with van der Waals surface area (Å²) in [5.41, 5.74) is 9.47. The van der Waals surface area contributed by atoms with Gasteiger partial charge in [-0.15, -0.1) is 0 Å². The van der Waals surface area contributed by atoms with Crippen LogP contribution < -0.4 is 0 Å². The van der Waals surface area contributed by atoms with Crippen molar-refractivity contribution in [2.24, 2.45) is 0 Å². The van der Waals surface area contributed by atoms with Gasteiger partial charge in [0.25, 0.3) is 0 Å². The lowest BCUT2D eigenvalue weighted by Crippen LogP contribution is -1.96. The molecular weight excluding hydrogens is 558 g/mol. The van der Waals surface area contributed by atoms with Gasteiger partial charge in [0.15, 0.2) is 0 Å². The first-order chi connectivity index (χ1) is 22.8. The van der Waals surface area contributed by atoms with Gasteiger partial charge in [0, 0.05) is 61.6 Å². The van der Waals surface area contributed by atoms with Gasteiger partial charge in [-0.2, -0.15) is 0 Å². The summed E-state index contributed by atoms with van der Waals surface area (Å²) in [4.78, 5) is 4.54. The Kier molecular flexibility index (Phi) is 5.28. The molecule has 0 saturated carbocycles. The van der Waals surface area contributed by atoms with Crippen molar-refractivity contribution in [3.05, 3.63) is 164 Å². The summed E-state index contributed by atoms with van der Waals surface area (Å²) >= 11 is 0. The Morgan fingerprint density at radius 3 is 1.83 bits per heavy atom. The third kappa shape index (κ3) is 3.57. The topological polar surface area (TPSA) is 22.8 Å². The standard InChI is InChI=1S/C43H27N3/c1-2-11-31(12-3-1)45-40-16-8-7-15-35(40)38-24-29-20-23-36-34-14-6-9-17-41(34)46(43(36)37(29)25-42(38)45)32-21-18-28(19-22-32)39-27-44-26-30-10-4-5-13-33(30)39/h1-27H. The second-order valence-electron chi connectivity index (χ2n) is 12.0. The third-order valence-electron chi connectivity index (χ3n) is 9.56. The van der Waals surface area contributed by atoms with E-state index in [1.165, 1.54) is 65.5 Å². The van der Waals surface area contributed by atoms with Crippen LogP contribution >= 0.6 is 0 Å². The van der Waals surface area contributed by atoms with Crippen LogP contribution in [-0.2, 0) is 0 Å². The molecular formula is C43H27N3. The molecule has 0 aliphatic heterocycles. The van der Waals surface area contributed by atoms with Crippen molar-refractivity contribution in [3.8, 4) is 22.5 Å². The zero-order chi connectivity index (χ0) is 30.2. The van der Waals surface area contributed by atoms with Crippen molar-refractivity contribution in [1.29, 1.82) is 0 Å². The Morgan fingerprint density at radius 2 is 1.02 bits per heavy atom. The summed E-state index contributed by atoms with van der Waals surface area (Å²) in [6, 6.07) is 55.0. The van der Waals surface area contributed by atoms with Crippen LogP contribution in [0.1, 0.15) is 0 Å². The summed E-state index contributed by atoms with van der Waals surface area (Å²) < 4.78 is 4.85. The minimum absolute atomic E-state index is 1.14. The molecule has 0 aliphatic rings. The predicted molar refractivity (Wildman–Crippen MR) is 193 cm³/mol. The van der Waals surface area contributed by atoms with Crippen LogP contribution in [0.15, 0.2) is 164 Å². The molecule has 0 aliphatic carbocycles. The molecule has 46 heavy (non-hydrogen) atoms. The van der Waals surface area contributed by atoms with Gasteiger partial charge in [-0.25, -0.2) is 0 Å². The molecule has 10 aromatic rings. The van der Waals surface area contributed by atoms with Crippen molar-refractivity contribution in [2.75, 3.05) is 0 Å². The van der Waals surface area contributed by atoms with Gasteiger partial charge < -0.3 is 9.13 Å². The Bertz CT molecular complexity index is 2780. The Balaban J connectivity index is 1.27. The number of fused-ring (bicyclic) bond motifs is 9. The number of hydrogen-bond acceptors (Lipinski definition) is 1. The highest BCUT2D eigenvalue weighted by Gasteiger charge is 2.18. The van der Waals surface area contributed by atoms with E-state index in [4.69, 9.17) is 0 Å². The molecule has 214 valence electrons. The van der Waals surface area contributed by atoms with E-state index in [0.717, 1.165) is 22.2 Å². The Hall–Kier alpha value is -6.19. The van der Waals surface area contributed by atoms with E-state index < -0.39 is 0 Å². The number of nitrogens with zero attached hydrogens (tertiary/aromatic N) is 3. The average Bonchev–Trinajstić information content (AvgIpc) is 3.64. The molecule has 0 N–H and O–H groups in total. The number of rotatable bonds is 3. The minimum Gasteiger partial charge on any atom is -0.309 e. The molecule has 0 saturated heterocycles. The molecule has 0 atom stereocenters. The van der Waals surface area contributed by atoms with Crippen molar-refractivity contribution in [1.82, 2.24) is 14.1 Å². The molecule has 3 heterocycles. The highest BCUT2D eigenvalue weighted by molar-refractivity contribution is 6.22. The van der Waals surface area contributed by atoms with Gasteiger partial charge in [0.2, 0.25) is 0 Å². The highest BCUT2D eigenvalue weighted by atomic mass is 15.0. The lowest BCUT2D eigenvalue weighted by molar-refractivity contribution is 1.18. The first-order valence-corrected chi connectivity index (χ1v) is 15.7. The number of benzene rings is 7. The Labute approximate surface area is 265 Å². The molecule has 0 unspecified atom stereocenters. The predicted octanol–water partition coefficient (Wildman–Crippen LogP) is 11.2. The number of hydrogen-bond donors (Lipinski definition) is 0. The maximum atomic E-state index is 4.54. The van der Waals surface area contributed by atoms with Crippen molar-refractivity contribution in [3.63, 3.8) is 0 Å². The van der Waals surface area contributed by atoms with E-state index in [1.807, 2.05) is 12.4 Å². The average molecular weight is 586 g/mol. The van der Waals surface area contributed by atoms with Crippen molar-refractivity contribution < 1.29 is 0 Å². The normalized spacial score (nSPS) is 11.9. The van der Waals surface area contributed by atoms with Crippen LogP contribution in [0, 0.1) is 0 Å². The zero-order valence-electron chi connectivity index (χ0n) is 24.9. The number of aromatic nitrogens is 3. The van der Waals surface area contributed by atoms with Gasteiger partial charge in [-0.05, 0) is 64.9 Å². The van der Waals surface area contributed by atoms with Crippen LogP contribution in [-0.4, -0.2) is 14.1 Å². The van der Waals surface area contributed by atoms with Crippen LogP contribution in [0.5, 0.6) is 0 Å². The summed E-state index contributed by atoms with van der Waals surface area (Å²) in [6.45, 7) is 0. The number of para-hydroxylation sites is 3. The van der Waals surface area contributed by atoms with E-state index in [1.54, 1.807) is 0 Å². The van der Waals surface area contributed by atoms with Crippen LogP contribution in [0.3, 0.4) is 0 Å². The second kappa shape index (κ2) is 9.65. The van der Waals surface area contributed by atoms with Crippen LogP contribution in [0.4, 0.5) is 0 Å². The summed E-state index contributed by atoms with van der Waals surface area (Å²) in [7, 11) is 0. The number of pyridine rings is 1. The van der Waals surface area contributed by atoms with Gasteiger partial charge >= 0.3 is 0 Å². The zero-order valence-corrected chi connectivity index (χ0v) is 24.9. The summed E-state index contributed by atoms with van der Waals surface area (Å²) in [5.74, 6) is 0. The highest BCUT2D eigenvalue weighted by Crippen LogP contribution is 2.41. The second-order valence-corrected chi connectivity index (χ2v) is 12.0. The lowest BCUT2D eigenvalue weighted by atomic mass is 10.0. The maximum Gasteiger partial charge on any atom is 0.0620 e. The summed E-state index contributed by atoms with van der Waals surface area (Å²) in [5, 5.41) is 9.88. The summed E-state index contributed by atoms with van der Waals surface area (Å²) in [6.07, 6.45) is 3.91. The van der Waals surface area contributed by atoms with E-state index in [2.05, 4.69) is 166 Å². The molecule has 0 bridgehead atoms. The van der Waals surface area contributed by atoms with Gasteiger partial charge in [-0.3, -0.25) is 4.98 Å². The van der Waals surface area contributed by atoms with Gasteiger partial charge in [-0.1, -0.05) is 103 Å². The van der Waals surface area contributed by atoms with Crippen molar-refractivity contribution in [2.45, 2.75) is 0 Å². The molecule has 7 aromatic carbocycles. The van der Waals surface area contributed by atoms with E-state index in [9.17, 15) is 0 Å². The third-order valence-corrected chi connectivity index (χ3v) is 9.56. The molecule has 0 radical (unpaired) electrons. The minimum atomic E-state index is 1.14. The fourth-order valence-corrected chi connectivity index (χ4v) is 7.51. The lowest BCUT2D eigenvalue weighted by Gasteiger charge is -2.13. The SMILES string of the molecule is c1ccc(-n2c3ccccc3c3cc4ccc5c6ccccc6n(-c6ccc(-c7cncc8ccccc78)cc6)c5c4cc32)cc1. The van der Waals surface area contributed by atoms with Crippen LogP contribution in [0.25, 0.3) is 87.7 Å². The molecule has 0 fully saturated rings. The van der Waals surface area contributed by atoms with Crippen LogP contribution in [0.2, 0.25) is 0 Å². The molecule has 0 amide bonds. The van der Waals surface area contributed by atoms with Gasteiger partial charge in [0.05, 0.1) is 22.1 Å². The maximum absolute atomic E-state index is 4.54. The molecule has 3 heteroatoms. The quantitative estimate of drug-likeness (QED) is 0.202. The monoisotopic (exact) mass is 585 g/mol. The molecule has 3 aromatic heterocycles.